The van der Waals surface area contributed by atoms with Crippen LogP contribution in [0.25, 0.3) is 11.0 Å². The predicted molar refractivity (Wildman–Crippen MR) is 80.7 cm³/mol. The summed E-state index contributed by atoms with van der Waals surface area (Å²) in [5.74, 6) is -0.336. The topological polar surface area (TPSA) is 70.1 Å². The van der Waals surface area contributed by atoms with Crippen LogP contribution in [-0.2, 0) is 9.53 Å². The van der Waals surface area contributed by atoms with Crippen LogP contribution >= 0.6 is 0 Å². The Morgan fingerprint density at radius 3 is 2.71 bits per heavy atom. The maximum Gasteiger partial charge on any atom is 0.333 e. The Bertz CT molecular complexity index is 781. The van der Waals surface area contributed by atoms with E-state index >= 15 is 0 Å². The molecule has 2 N–H and O–H groups in total. The number of benzene rings is 2. The molecule has 0 bridgehead atoms. The zero-order valence-electron chi connectivity index (χ0n) is 11.6. The van der Waals surface area contributed by atoms with E-state index in [0.29, 0.717) is 5.69 Å². The van der Waals surface area contributed by atoms with Crippen LogP contribution in [0.5, 0.6) is 0 Å². The molecule has 5 heteroatoms. The first kappa shape index (κ1) is 13.2. The van der Waals surface area contributed by atoms with E-state index in [1.807, 2.05) is 36.4 Å². The van der Waals surface area contributed by atoms with Gasteiger partial charge in [-0.2, -0.15) is 0 Å². The summed E-state index contributed by atoms with van der Waals surface area (Å²) in [6, 6.07) is 14.3. The Hall–Kier alpha value is -2.82. The van der Waals surface area contributed by atoms with Crippen molar-refractivity contribution in [2.45, 2.75) is 6.04 Å². The number of esters is 1. The van der Waals surface area contributed by atoms with Crippen molar-refractivity contribution in [3.8, 4) is 0 Å². The molecule has 0 radical (unpaired) electrons. The molecule has 0 saturated carbocycles. The van der Waals surface area contributed by atoms with Crippen LogP contribution in [0, 0.1) is 0 Å². The van der Waals surface area contributed by atoms with Crippen LogP contribution in [0.15, 0.2) is 54.9 Å². The van der Waals surface area contributed by atoms with Gasteiger partial charge in [-0.15, -0.1) is 0 Å². The average Bonchev–Trinajstić information content (AvgIpc) is 2.91. The number of anilines is 1. The van der Waals surface area contributed by atoms with Crippen LogP contribution < -0.4 is 5.73 Å². The smallest absolute Gasteiger partial charge is 0.333 e. The van der Waals surface area contributed by atoms with Gasteiger partial charge >= 0.3 is 5.97 Å². The summed E-state index contributed by atoms with van der Waals surface area (Å²) in [7, 11) is 1.38. The highest BCUT2D eigenvalue weighted by molar-refractivity contribution is 5.84. The molecular weight excluding hydrogens is 266 g/mol. The van der Waals surface area contributed by atoms with Gasteiger partial charge in [-0.1, -0.05) is 30.3 Å². The standard InChI is InChI=1S/C16H15N3O2/c1-21-16(20)15(11-5-3-2-4-6-11)19-10-18-13-9-12(17)7-8-14(13)19/h2-10,15H,17H2,1H3. The molecule has 106 valence electrons. The predicted octanol–water partition coefficient (Wildman–Crippen LogP) is 2.38. The van der Waals surface area contributed by atoms with Gasteiger partial charge < -0.3 is 15.0 Å². The molecule has 0 aliphatic carbocycles. The van der Waals surface area contributed by atoms with Crippen molar-refractivity contribution < 1.29 is 9.53 Å². The molecule has 1 aromatic heterocycles. The van der Waals surface area contributed by atoms with E-state index in [4.69, 9.17) is 10.5 Å². The average molecular weight is 281 g/mol. The molecule has 2 aromatic carbocycles. The zero-order chi connectivity index (χ0) is 14.8. The molecule has 0 aliphatic heterocycles. The monoisotopic (exact) mass is 281 g/mol. The Kier molecular flexibility index (Phi) is 3.31. The fraction of sp³-hybridized carbons (Fsp3) is 0.125. The first-order chi connectivity index (χ1) is 10.2. The summed E-state index contributed by atoms with van der Waals surface area (Å²) < 4.78 is 6.75. The molecular formula is C16H15N3O2. The minimum atomic E-state index is -0.565. The Morgan fingerprint density at radius 1 is 1.24 bits per heavy atom. The lowest BCUT2D eigenvalue weighted by Gasteiger charge is -2.17. The minimum Gasteiger partial charge on any atom is -0.467 e. The van der Waals surface area contributed by atoms with Gasteiger partial charge in [0.05, 0.1) is 24.5 Å². The number of rotatable bonds is 3. The molecule has 1 heterocycles. The summed E-state index contributed by atoms with van der Waals surface area (Å²) in [5.41, 5.74) is 8.84. The van der Waals surface area contributed by atoms with E-state index in [2.05, 4.69) is 4.98 Å². The Morgan fingerprint density at radius 2 is 2.00 bits per heavy atom. The molecule has 21 heavy (non-hydrogen) atoms. The second kappa shape index (κ2) is 5.28. The summed E-state index contributed by atoms with van der Waals surface area (Å²) in [4.78, 5) is 16.5. The Balaban J connectivity index is 2.17. The van der Waals surface area contributed by atoms with Crippen LogP contribution in [0.4, 0.5) is 5.69 Å². The second-order valence-corrected chi connectivity index (χ2v) is 4.74. The third kappa shape index (κ3) is 2.33. The summed E-state index contributed by atoms with van der Waals surface area (Å²) in [5, 5.41) is 0. The Labute approximate surface area is 122 Å². The van der Waals surface area contributed by atoms with Crippen LogP contribution in [0.3, 0.4) is 0 Å². The number of ether oxygens (including phenoxy) is 1. The molecule has 1 atom stereocenters. The van der Waals surface area contributed by atoms with E-state index in [0.717, 1.165) is 16.6 Å². The van der Waals surface area contributed by atoms with Crippen molar-refractivity contribution in [3.63, 3.8) is 0 Å². The summed E-state index contributed by atoms with van der Waals surface area (Å²) in [6.07, 6.45) is 1.64. The normalized spacial score (nSPS) is 12.2. The highest BCUT2D eigenvalue weighted by atomic mass is 16.5. The number of nitrogens with two attached hydrogens (primary N) is 1. The van der Waals surface area contributed by atoms with Gasteiger partial charge in [-0.25, -0.2) is 9.78 Å². The number of imidazole rings is 1. The number of nitrogen functional groups attached to an aromatic ring is 1. The van der Waals surface area contributed by atoms with Crippen LogP contribution in [0.1, 0.15) is 11.6 Å². The van der Waals surface area contributed by atoms with Crippen LogP contribution in [0.2, 0.25) is 0 Å². The zero-order valence-corrected chi connectivity index (χ0v) is 11.6. The van der Waals surface area contributed by atoms with Gasteiger partial charge in [0.1, 0.15) is 0 Å². The van der Waals surface area contributed by atoms with Crippen molar-refractivity contribution in [2.24, 2.45) is 0 Å². The highest BCUT2D eigenvalue weighted by Gasteiger charge is 2.24. The van der Waals surface area contributed by atoms with Crippen molar-refractivity contribution in [1.29, 1.82) is 0 Å². The third-order valence-corrected chi connectivity index (χ3v) is 3.42. The maximum absolute atomic E-state index is 12.2. The molecule has 0 saturated heterocycles. The van der Waals surface area contributed by atoms with Gasteiger partial charge in [-0.3, -0.25) is 0 Å². The minimum absolute atomic E-state index is 0.336. The number of nitrogens with zero attached hydrogens (tertiary/aromatic N) is 2. The van der Waals surface area contributed by atoms with Gasteiger partial charge in [0, 0.05) is 5.69 Å². The molecule has 0 aliphatic rings. The van der Waals surface area contributed by atoms with E-state index < -0.39 is 6.04 Å². The van der Waals surface area contributed by atoms with Gasteiger partial charge in [0.25, 0.3) is 0 Å². The third-order valence-electron chi connectivity index (χ3n) is 3.42. The largest absolute Gasteiger partial charge is 0.467 e. The fourth-order valence-corrected chi connectivity index (χ4v) is 2.41. The van der Waals surface area contributed by atoms with E-state index in [-0.39, 0.29) is 5.97 Å². The number of methoxy groups -OCH3 is 1. The van der Waals surface area contributed by atoms with E-state index in [1.54, 1.807) is 23.0 Å². The number of carbonyl (C=O) groups is 1. The second-order valence-electron chi connectivity index (χ2n) is 4.74. The van der Waals surface area contributed by atoms with E-state index in [9.17, 15) is 4.79 Å². The maximum atomic E-state index is 12.2. The molecule has 1 unspecified atom stereocenters. The summed E-state index contributed by atoms with van der Waals surface area (Å²) in [6.45, 7) is 0. The molecule has 3 aromatic rings. The SMILES string of the molecule is COC(=O)C(c1ccccc1)n1cnc2cc(N)ccc21. The van der Waals surface area contributed by atoms with Gasteiger partial charge in [0.15, 0.2) is 6.04 Å². The molecule has 0 amide bonds. The van der Waals surface area contributed by atoms with Crippen molar-refractivity contribution >= 4 is 22.7 Å². The molecule has 5 nitrogen and oxygen atoms in total. The lowest BCUT2D eigenvalue weighted by molar-refractivity contribution is -0.143. The number of hydrogen-bond acceptors (Lipinski definition) is 4. The highest BCUT2D eigenvalue weighted by Crippen LogP contribution is 2.25. The van der Waals surface area contributed by atoms with E-state index in [1.165, 1.54) is 7.11 Å². The van der Waals surface area contributed by atoms with Gasteiger partial charge in [-0.05, 0) is 23.8 Å². The van der Waals surface area contributed by atoms with Crippen molar-refractivity contribution in [2.75, 3.05) is 12.8 Å². The van der Waals surface area contributed by atoms with Crippen molar-refractivity contribution in [3.05, 3.63) is 60.4 Å². The fourth-order valence-electron chi connectivity index (χ4n) is 2.41. The first-order valence-corrected chi connectivity index (χ1v) is 6.55. The lowest BCUT2D eigenvalue weighted by Crippen LogP contribution is -2.21. The number of fused-ring (bicyclic) bond motifs is 1. The molecule has 3 rings (SSSR count). The summed E-state index contributed by atoms with van der Waals surface area (Å²) >= 11 is 0. The lowest BCUT2D eigenvalue weighted by atomic mass is 10.1. The number of carbonyl (C=O) groups excluding carboxylic acids is 1. The van der Waals surface area contributed by atoms with Gasteiger partial charge in [0.2, 0.25) is 0 Å². The molecule has 0 fully saturated rings. The van der Waals surface area contributed by atoms with Crippen LogP contribution in [-0.4, -0.2) is 22.6 Å². The van der Waals surface area contributed by atoms with Crippen molar-refractivity contribution in [1.82, 2.24) is 9.55 Å². The first-order valence-electron chi connectivity index (χ1n) is 6.55. The quantitative estimate of drug-likeness (QED) is 0.591. The molecule has 0 spiro atoms. The number of aromatic nitrogens is 2. The number of hydrogen-bond donors (Lipinski definition) is 1.